The van der Waals surface area contributed by atoms with E-state index < -0.39 is 10.2 Å². The van der Waals surface area contributed by atoms with Crippen LogP contribution in [0.15, 0.2) is 10.6 Å². The second-order valence-corrected chi connectivity index (χ2v) is 10.8. The summed E-state index contributed by atoms with van der Waals surface area (Å²) in [5, 5.41) is 19.5. The topological polar surface area (TPSA) is 128 Å². The number of hydrogen-bond donors (Lipinski definition) is 3. The monoisotopic (exact) mass is 439 g/mol. The molecule has 1 aromatic rings. The van der Waals surface area contributed by atoms with E-state index >= 15 is 0 Å². The van der Waals surface area contributed by atoms with Gasteiger partial charge in [0.05, 0.1) is 6.61 Å². The predicted molar refractivity (Wildman–Crippen MR) is 107 cm³/mol. The zero-order valence-electron chi connectivity index (χ0n) is 16.9. The normalized spacial score (nSPS) is 33.0. The van der Waals surface area contributed by atoms with E-state index in [1.165, 1.54) is 4.31 Å². The number of aliphatic hydroxyl groups excluding tert-OH is 1. The van der Waals surface area contributed by atoms with Gasteiger partial charge in [-0.15, -0.1) is 0 Å². The van der Waals surface area contributed by atoms with Crippen LogP contribution in [0.4, 0.5) is 0 Å². The summed E-state index contributed by atoms with van der Waals surface area (Å²) in [5.41, 5.74) is 0.301. The number of carbonyl (C=O) groups excluding carboxylic acids is 1. The number of aliphatic hydroxyl groups is 1. The first-order valence-corrected chi connectivity index (χ1v) is 12.3. The van der Waals surface area contributed by atoms with Crippen LogP contribution in [0.2, 0.25) is 0 Å². The zero-order valence-corrected chi connectivity index (χ0v) is 17.7. The van der Waals surface area contributed by atoms with Crippen LogP contribution in [0.3, 0.4) is 0 Å². The third kappa shape index (κ3) is 3.77. The lowest BCUT2D eigenvalue weighted by Crippen LogP contribution is -2.60. The highest BCUT2D eigenvalue weighted by molar-refractivity contribution is 7.86. The van der Waals surface area contributed by atoms with Crippen LogP contribution in [0.5, 0.6) is 0 Å². The molecular weight excluding hydrogens is 410 g/mol. The lowest BCUT2D eigenvalue weighted by molar-refractivity contribution is 0.0897. The molecular formula is C19H29N5O5S. The van der Waals surface area contributed by atoms with Crippen LogP contribution in [0, 0.1) is 0 Å². The first kappa shape index (κ1) is 20.4. The Bertz CT molecular complexity index is 887. The Hall–Kier alpha value is -1.53. The largest absolute Gasteiger partial charge is 0.395 e. The molecule has 4 heterocycles. The minimum atomic E-state index is -3.59. The maximum Gasteiger partial charge on any atom is 0.282 e. The first-order chi connectivity index (χ1) is 14.5. The molecule has 10 nitrogen and oxygen atoms in total. The Morgan fingerprint density at radius 1 is 1.27 bits per heavy atom. The van der Waals surface area contributed by atoms with E-state index in [1.54, 1.807) is 10.4 Å². The number of aromatic nitrogens is 1. The van der Waals surface area contributed by atoms with Crippen molar-refractivity contribution in [1.82, 2.24) is 24.4 Å². The van der Waals surface area contributed by atoms with Gasteiger partial charge in [-0.3, -0.25) is 4.79 Å². The highest BCUT2D eigenvalue weighted by Gasteiger charge is 2.49. The third-order valence-electron chi connectivity index (χ3n) is 6.77. The van der Waals surface area contributed by atoms with E-state index in [0.29, 0.717) is 37.5 Å². The van der Waals surface area contributed by atoms with Gasteiger partial charge in [0.2, 0.25) is 0 Å². The molecule has 2 unspecified atom stereocenters. The van der Waals surface area contributed by atoms with Crippen LogP contribution >= 0.6 is 0 Å². The van der Waals surface area contributed by atoms with Crippen molar-refractivity contribution in [3.63, 3.8) is 0 Å². The average Bonchev–Trinajstić information content (AvgIpc) is 3.40. The van der Waals surface area contributed by atoms with Crippen LogP contribution in [0.1, 0.15) is 60.7 Å². The molecule has 30 heavy (non-hydrogen) atoms. The van der Waals surface area contributed by atoms with Gasteiger partial charge in [0, 0.05) is 55.8 Å². The van der Waals surface area contributed by atoms with Crippen molar-refractivity contribution in [2.45, 2.75) is 68.6 Å². The highest BCUT2D eigenvalue weighted by atomic mass is 32.2. The first-order valence-electron chi connectivity index (χ1n) is 10.9. The SMILES string of the molecule is O=C(NC1C[C@H]2CC[C@@H](C1)N2S(=O)(=O)N1CCNC(CO)C1)c1cc(C2CC2)on1. The molecule has 2 bridgehead atoms. The van der Waals surface area contributed by atoms with Gasteiger partial charge in [-0.1, -0.05) is 5.16 Å². The number of piperidine rings is 1. The molecule has 0 spiro atoms. The third-order valence-corrected chi connectivity index (χ3v) is 8.89. The van der Waals surface area contributed by atoms with Gasteiger partial charge in [0.1, 0.15) is 5.76 Å². The van der Waals surface area contributed by atoms with Crippen molar-refractivity contribution in [2.75, 3.05) is 26.2 Å². The minimum absolute atomic E-state index is 0.0734. The van der Waals surface area contributed by atoms with Crippen molar-refractivity contribution >= 4 is 16.1 Å². The molecule has 0 radical (unpaired) electrons. The van der Waals surface area contributed by atoms with Gasteiger partial charge in [-0.25, -0.2) is 0 Å². The lowest BCUT2D eigenvalue weighted by atomic mass is 9.99. The molecule has 4 atom stereocenters. The summed E-state index contributed by atoms with van der Waals surface area (Å²) >= 11 is 0. The fourth-order valence-electron chi connectivity index (χ4n) is 5.10. The molecule has 1 saturated carbocycles. The zero-order chi connectivity index (χ0) is 20.9. The standard InChI is InChI=1S/C19H29N5O5S/c25-11-14-10-23(6-5-20-14)30(27,28)24-15-3-4-16(24)8-13(7-15)21-19(26)17-9-18(29-22-17)12-1-2-12/h9,12-16,20,25H,1-8,10-11H2,(H,21,26)/t13?,14?,15-,16+. The maximum atomic E-state index is 13.3. The Morgan fingerprint density at radius 2 is 2.00 bits per heavy atom. The Morgan fingerprint density at radius 3 is 2.67 bits per heavy atom. The number of fused-ring (bicyclic) bond motifs is 2. The average molecular weight is 440 g/mol. The number of carbonyl (C=O) groups is 1. The number of nitrogens with zero attached hydrogens (tertiary/aromatic N) is 3. The van der Waals surface area contributed by atoms with E-state index in [0.717, 1.165) is 31.4 Å². The molecule has 3 aliphatic heterocycles. The summed E-state index contributed by atoms with van der Waals surface area (Å²) < 4.78 is 35.1. The molecule has 3 saturated heterocycles. The van der Waals surface area contributed by atoms with Gasteiger partial charge < -0.3 is 20.3 Å². The smallest absolute Gasteiger partial charge is 0.282 e. The van der Waals surface area contributed by atoms with Crippen LogP contribution in [0.25, 0.3) is 0 Å². The maximum absolute atomic E-state index is 13.3. The fraction of sp³-hybridized carbons (Fsp3) is 0.789. The summed E-state index contributed by atoms with van der Waals surface area (Å²) in [5.74, 6) is 0.927. The van der Waals surface area contributed by atoms with E-state index in [9.17, 15) is 18.3 Å². The van der Waals surface area contributed by atoms with Crippen LogP contribution in [-0.2, 0) is 10.2 Å². The Kier molecular flexibility index (Phi) is 5.34. The molecule has 166 valence electrons. The van der Waals surface area contributed by atoms with Gasteiger partial charge in [-0.2, -0.15) is 17.0 Å². The second kappa shape index (κ2) is 7.86. The van der Waals surface area contributed by atoms with Crippen LogP contribution < -0.4 is 10.6 Å². The molecule has 1 amide bonds. The van der Waals surface area contributed by atoms with Crippen molar-refractivity contribution < 1.29 is 22.8 Å². The Labute approximate surface area is 176 Å². The molecule has 11 heteroatoms. The summed E-state index contributed by atoms with van der Waals surface area (Å²) in [4.78, 5) is 12.6. The van der Waals surface area contributed by atoms with Crippen LogP contribution in [-0.4, -0.2) is 83.6 Å². The molecule has 3 N–H and O–H groups in total. The van der Waals surface area contributed by atoms with E-state index in [1.807, 2.05) is 0 Å². The summed E-state index contributed by atoms with van der Waals surface area (Å²) in [6.07, 6.45) is 4.98. The molecule has 0 aromatic carbocycles. The van der Waals surface area contributed by atoms with Gasteiger partial charge in [0.15, 0.2) is 5.69 Å². The molecule has 4 aliphatic rings. The predicted octanol–water partition coefficient (Wildman–Crippen LogP) is -0.212. The van der Waals surface area contributed by atoms with E-state index in [4.69, 9.17) is 4.52 Å². The molecule has 1 aromatic heterocycles. The number of hydrogen-bond acceptors (Lipinski definition) is 7. The number of rotatable bonds is 6. The highest BCUT2D eigenvalue weighted by Crippen LogP contribution is 2.41. The van der Waals surface area contributed by atoms with E-state index in [-0.39, 0.29) is 43.2 Å². The van der Waals surface area contributed by atoms with Crippen molar-refractivity contribution in [1.29, 1.82) is 0 Å². The van der Waals surface area contributed by atoms with Crippen molar-refractivity contribution in [3.8, 4) is 0 Å². The fourth-order valence-corrected chi connectivity index (χ4v) is 7.20. The second-order valence-electron chi connectivity index (χ2n) is 8.94. The van der Waals surface area contributed by atoms with Gasteiger partial charge in [0.25, 0.3) is 16.1 Å². The Balaban J connectivity index is 1.23. The van der Waals surface area contributed by atoms with Gasteiger partial charge in [-0.05, 0) is 38.5 Å². The molecule has 5 rings (SSSR count). The van der Waals surface area contributed by atoms with Gasteiger partial charge >= 0.3 is 0 Å². The molecule has 4 fully saturated rings. The number of piperazine rings is 1. The quantitative estimate of drug-likeness (QED) is 0.559. The van der Waals surface area contributed by atoms with Crippen molar-refractivity contribution in [2.24, 2.45) is 0 Å². The summed E-state index contributed by atoms with van der Waals surface area (Å²) in [7, 11) is -3.59. The molecule has 1 aliphatic carbocycles. The summed E-state index contributed by atoms with van der Waals surface area (Å²) in [6, 6.07) is 1.20. The minimum Gasteiger partial charge on any atom is -0.395 e. The number of nitrogens with one attached hydrogen (secondary N) is 2. The lowest BCUT2D eigenvalue weighted by Gasteiger charge is -2.42. The summed E-state index contributed by atoms with van der Waals surface area (Å²) in [6.45, 7) is 1.14. The number of amides is 1. The van der Waals surface area contributed by atoms with E-state index in [2.05, 4.69) is 15.8 Å². The van der Waals surface area contributed by atoms with Crippen molar-refractivity contribution in [3.05, 3.63) is 17.5 Å².